The van der Waals surface area contributed by atoms with Gasteiger partial charge in [0.1, 0.15) is 23.4 Å². The van der Waals surface area contributed by atoms with E-state index >= 15 is 0 Å². The van der Waals surface area contributed by atoms with Crippen LogP contribution in [0.25, 0.3) is 0 Å². The molecule has 0 saturated carbocycles. The monoisotopic (exact) mass is 544 g/mol. The summed E-state index contributed by atoms with van der Waals surface area (Å²) in [6.07, 6.45) is 3.61. The van der Waals surface area contributed by atoms with Crippen molar-refractivity contribution in [1.82, 2.24) is 15.6 Å². The van der Waals surface area contributed by atoms with E-state index in [0.29, 0.717) is 11.3 Å². The van der Waals surface area contributed by atoms with E-state index in [2.05, 4.69) is 15.6 Å². The van der Waals surface area contributed by atoms with Gasteiger partial charge >= 0.3 is 0 Å². The molecular weight excluding hydrogens is 515 g/mol. The molecule has 40 heavy (non-hydrogen) atoms. The topological polar surface area (TPSA) is 122 Å². The van der Waals surface area contributed by atoms with Gasteiger partial charge in [-0.25, -0.2) is 9.37 Å². The Morgan fingerprint density at radius 1 is 1.10 bits per heavy atom. The summed E-state index contributed by atoms with van der Waals surface area (Å²) in [6.45, 7) is 7.66. The van der Waals surface area contributed by atoms with E-state index in [-0.39, 0.29) is 29.8 Å². The number of carbonyl (C=O) groups is 4. The number of ketones is 1. The van der Waals surface area contributed by atoms with Crippen LogP contribution in [-0.2, 0) is 26.2 Å². The molecule has 206 valence electrons. The van der Waals surface area contributed by atoms with Crippen molar-refractivity contribution < 1.29 is 28.0 Å². The molecule has 1 aromatic heterocycles. The zero-order valence-electron chi connectivity index (χ0n) is 22.6. The molecule has 4 rings (SSSR count). The Morgan fingerprint density at radius 2 is 1.82 bits per heavy atom. The Balaban J connectivity index is 1.82. The molecule has 3 aromatic rings. The molecule has 0 saturated heterocycles. The number of anilines is 1. The standard InChI is InChI=1S/C30H29FN4O5/c1-18-14-24(36)25(27(37)34-18)26(28(38)32-13-12-19-6-5-7-21(31)15-19)35(29(39)23-16-40-17-33-23)22-10-8-20(9-11-22)30(2,3)4/h5-11,14-17H,12-13H2,1-4H3,(H,32,38)(H,34,37)/b26-25-. The van der Waals surface area contributed by atoms with E-state index in [0.717, 1.165) is 23.1 Å². The van der Waals surface area contributed by atoms with Gasteiger partial charge in [0.25, 0.3) is 17.7 Å². The van der Waals surface area contributed by atoms with E-state index < -0.39 is 40.6 Å². The lowest BCUT2D eigenvalue weighted by Gasteiger charge is -2.28. The van der Waals surface area contributed by atoms with Crippen molar-refractivity contribution >= 4 is 29.2 Å². The number of benzene rings is 2. The van der Waals surface area contributed by atoms with Gasteiger partial charge in [-0.1, -0.05) is 45.0 Å². The third-order valence-corrected chi connectivity index (χ3v) is 6.24. The number of oxazole rings is 1. The summed E-state index contributed by atoms with van der Waals surface area (Å²) in [5.41, 5.74) is 0.811. The Hall–Kier alpha value is -4.86. The molecule has 0 radical (unpaired) electrons. The minimum absolute atomic E-state index is 0.0404. The zero-order chi connectivity index (χ0) is 29.0. The number of halogens is 1. The molecule has 2 heterocycles. The first kappa shape index (κ1) is 28.2. The molecule has 0 aliphatic carbocycles. The number of hydrogen-bond donors (Lipinski definition) is 2. The molecule has 2 N–H and O–H groups in total. The first-order chi connectivity index (χ1) is 19.0. The number of rotatable bonds is 7. The average Bonchev–Trinajstić information content (AvgIpc) is 3.42. The van der Waals surface area contributed by atoms with E-state index in [1.54, 1.807) is 36.4 Å². The van der Waals surface area contributed by atoms with Crippen LogP contribution < -0.4 is 15.5 Å². The molecule has 0 atom stereocenters. The number of carbonyl (C=O) groups excluding carboxylic acids is 4. The second-order valence-corrected chi connectivity index (χ2v) is 10.3. The Labute approximate surface area is 230 Å². The number of amides is 3. The molecule has 1 aliphatic heterocycles. The lowest BCUT2D eigenvalue weighted by Crippen LogP contribution is -2.44. The number of nitrogens with one attached hydrogen (secondary N) is 2. The first-order valence-electron chi connectivity index (χ1n) is 12.6. The highest BCUT2D eigenvalue weighted by atomic mass is 19.1. The highest BCUT2D eigenvalue weighted by molar-refractivity contribution is 6.31. The predicted octanol–water partition coefficient (Wildman–Crippen LogP) is 3.97. The lowest BCUT2D eigenvalue weighted by molar-refractivity contribution is -0.123. The van der Waals surface area contributed by atoms with Gasteiger partial charge in [-0.05, 0) is 54.2 Å². The SMILES string of the molecule is CC1=CC(=O)/C(=C(\C(=O)NCCc2cccc(F)c2)N(C(=O)c2cocn2)c2ccc(C(C)(C)C)cc2)C(=O)N1. The second-order valence-electron chi connectivity index (χ2n) is 10.3. The zero-order valence-corrected chi connectivity index (χ0v) is 22.6. The maximum absolute atomic E-state index is 13.8. The lowest BCUT2D eigenvalue weighted by atomic mass is 9.87. The minimum atomic E-state index is -0.848. The Morgan fingerprint density at radius 3 is 2.42 bits per heavy atom. The maximum Gasteiger partial charge on any atom is 0.284 e. The quantitative estimate of drug-likeness (QED) is 0.343. The van der Waals surface area contributed by atoms with Gasteiger partial charge in [0.05, 0.1) is 0 Å². The van der Waals surface area contributed by atoms with E-state index in [1.807, 2.05) is 20.8 Å². The molecule has 0 bridgehead atoms. The van der Waals surface area contributed by atoms with Crippen LogP contribution in [-0.4, -0.2) is 35.0 Å². The molecule has 3 amide bonds. The van der Waals surface area contributed by atoms with Crippen molar-refractivity contribution in [3.63, 3.8) is 0 Å². The molecule has 0 fully saturated rings. The van der Waals surface area contributed by atoms with Crippen molar-refractivity contribution in [2.45, 2.75) is 39.5 Å². The number of hydrogen-bond acceptors (Lipinski definition) is 6. The highest BCUT2D eigenvalue weighted by Gasteiger charge is 2.37. The molecule has 0 unspecified atom stereocenters. The van der Waals surface area contributed by atoms with Gasteiger partial charge in [-0.3, -0.25) is 24.1 Å². The Bertz CT molecular complexity index is 1520. The summed E-state index contributed by atoms with van der Waals surface area (Å²) in [6, 6.07) is 12.8. The molecule has 0 spiro atoms. The van der Waals surface area contributed by atoms with Gasteiger partial charge in [-0.15, -0.1) is 0 Å². The smallest absolute Gasteiger partial charge is 0.284 e. The van der Waals surface area contributed by atoms with Crippen LogP contribution in [0.4, 0.5) is 10.1 Å². The van der Waals surface area contributed by atoms with Gasteiger partial charge in [0.15, 0.2) is 17.9 Å². The summed E-state index contributed by atoms with van der Waals surface area (Å²) in [7, 11) is 0. The summed E-state index contributed by atoms with van der Waals surface area (Å²) in [4.78, 5) is 58.7. The first-order valence-corrected chi connectivity index (χ1v) is 12.6. The second kappa shape index (κ2) is 11.5. The van der Waals surface area contributed by atoms with Gasteiger partial charge < -0.3 is 15.1 Å². The summed E-state index contributed by atoms with van der Waals surface area (Å²) >= 11 is 0. The fraction of sp³-hybridized carbons (Fsp3) is 0.233. The van der Waals surface area contributed by atoms with E-state index in [4.69, 9.17) is 4.42 Å². The normalized spacial score (nSPS) is 14.8. The third kappa shape index (κ3) is 6.23. The van der Waals surface area contributed by atoms with Crippen molar-refractivity contribution in [1.29, 1.82) is 0 Å². The van der Waals surface area contributed by atoms with Crippen LogP contribution in [0.5, 0.6) is 0 Å². The largest absolute Gasteiger partial charge is 0.451 e. The maximum atomic E-state index is 13.8. The van der Waals surface area contributed by atoms with Crippen LogP contribution in [0.15, 0.2) is 88.6 Å². The van der Waals surface area contributed by atoms with E-state index in [1.165, 1.54) is 25.1 Å². The van der Waals surface area contributed by atoms with Crippen molar-refractivity contribution in [2.24, 2.45) is 0 Å². The fourth-order valence-corrected chi connectivity index (χ4v) is 4.20. The molecular formula is C30H29FN4O5. The van der Waals surface area contributed by atoms with Crippen LogP contribution in [0.3, 0.4) is 0 Å². The number of allylic oxidation sites excluding steroid dienone is 2. The van der Waals surface area contributed by atoms with Crippen molar-refractivity contribution in [3.8, 4) is 0 Å². The van der Waals surface area contributed by atoms with Crippen molar-refractivity contribution in [2.75, 3.05) is 11.4 Å². The predicted molar refractivity (Wildman–Crippen MR) is 146 cm³/mol. The summed E-state index contributed by atoms with van der Waals surface area (Å²) < 4.78 is 18.6. The van der Waals surface area contributed by atoms with Crippen LogP contribution in [0, 0.1) is 5.82 Å². The van der Waals surface area contributed by atoms with Crippen LogP contribution >= 0.6 is 0 Å². The summed E-state index contributed by atoms with van der Waals surface area (Å²) in [5.74, 6) is -3.61. The van der Waals surface area contributed by atoms with Gasteiger partial charge in [-0.2, -0.15) is 0 Å². The van der Waals surface area contributed by atoms with E-state index in [9.17, 15) is 23.6 Å². The average molecular weight is 545 g/mol. The van der Waals surface area contributed by atoms with Crippen molar-refractivity contribution in [3.05, 3.63) is 107 Å². The number of aromatic nitrogens is 1. The van der Waals surface area contributed by atoms with Crippen LogP contribution in [0.2, 0.25) is 0 Å². The molecule has 9 nitrogen and oxygen atoms in total. The molecule has 2 aromatic carbocycles. The molecule has 1 aliphatic rings. The summed E-state index contributed by atoms with van der Waals surface area (Å²) in [5, 5.41) is 5.22. The fourth-order valence-electron chi connectivity index (χ4n) is 4.20. The minimum Gasteiger partial charge on any atom is -0.451 e. The van der Waals surface area contributed by atoms with Gasteiger partial charge in [0.2, 0.25) is 0 Å². The number of nitrogens with zero attached hydrogens (tertiary/aromatic N) is 2. The van der Waals surface area contributed by atoms with Crippen LogP contribution in [0.1, 0.15) is 49.3 Å². The Kier molecular flexibility index (Phi) is 8.08. The van der Waals surface area contributed by atoms with Gasteiger partial charge in [0, 0.05) is 24.0 Å². The highest BCUT2D eigenvalue weighted by Crippen LogP contribution is 2.30. The molecule has 10 heteroatoms. The third-order valence-electron chi connectivity index (χ3n) is 6.24.